The van der Waals surface area contributed by atoms with Gasteiger partial charge in [-0.1, -0.05) is 6.92 Å². The summed E-state index contributed by atoms with van der Waals surface area (Å²) in [6, 6.07) is 4.56. The van der Waals surface area contributed by atoms with Crippen LogP contribution in [0.25, 0.3) is 17.1 Å². The van der Waals surface area contributed by atoms with Crippen molar-refractivity contribution in [2.24, 2.45) is 0 Å². The van der Waals surface area contributed by atoms with Crippen molar-refractivity contribution in [1.82, 2.24) is 29.3 Å². The van der Waals surface area contributed by atoms with Crippen LogP contribution in [0.5, 0.6) is 0 Å². The van der Waals surface area contributed by atoms with Crippen LogP contribution in [0.1, 0.15) is 42.8 Å². The first-order valence-corrected chi connectivity index (χ1v) is 10.8. The summed E-state index contributed by atoms with van der Waals surface area (Å²) in [4.78, 5) is 13.6. The second-order valence-corrected chi connectivity index (χ2v) is 8.30. The minimum Gasteiger partial charge on any atom is -0.316 e. The fraction of sp³-hybridized carbons (Fsp3) is 0.333. The molecule has 1 aliphatic carbocycles. The highest BCUT2D eigenvalue weighted by Gasteiger charge is 2.29. The number of nitrogens with zero attached hydrogens (tertiary/aromatic N) is 6. The number of hydrogen-bond acceptors (Lipinski definition) is 6. The molecule has 29 heavy (non-hydrogen) atoms. The molecule has 0 spiro atoms. The molecular formula is C21H23N7S. The summed E-state index contributed by atoms with van der Waals surface area (Å²) in [5, 5.41) is 11.3. The minimum atomic E-state index is 0.527. The molecule has 5 rings (SSSR count). The molecule has 0 saturated heterocycles. The van der Waals surface area contributed by atoms with Gasteiger partial charge in [-0.2, -0.15) is 5.10 Å². The molecule has 0 aliphatic heterocycles. The lowest BCUT2D eigenvalue weighted by Gasteiger charge is -2.07. The Kier molecular flexibility index (Phi) is 4.43. The summed E-state index contributed by atoms with van der Waals surface area (Å²) >= 11 is 1.60. The Morgan fingerprint density at radius 1 is 1.21 bits per heavy atom. The van der Waals surface area contributed by atoms with Gasteiger partial charge in [-0.3, -0.25) is 4.57 Å². The maximum absolute atomic E-state index is 4.81. The van der Waals surface area contributed by atoms with Crippen molar-refractivity contribution in [3.63, 3.8) is 0 Å². The standard InChI is InChI=1S/C21H23N7S/c1-4-17-14(3)20(28(26-17)16-6-7-16)25-21-24-18(11-29-21)15-5-8-19(22-9-15)27-10-13(2)23-12-27/h5,8-12,16H,4,6-7H2,1-3H3,(H,24,25). The first kappa shape index (κ1) is 18.1. The molecule has 0 atom stereocenters. The van der Waals surface area contributed by atoms with E-state index in [2.05, 4.69) is 39.2 Å². The van der Waals surface area contributed by atoms with Gasteiger partial charge in [0.15, 0.2) is 5.13 Å². The van der Waals surface area contributed by atoms with Gasteiger partial charge in [0.2, 0.25) is 0 Å². The average molecular weight is 406 g/mol. The van der Waals surface area contributed by atoms with Gasteiger partial charge in [-0.05, 0) is 45.2 Å². The van der Waals surface area contributed by atoms with Crippen LogP contribution in [0.15, 0.2) is 36.2 Å². The van der Waals surface area contributed by atoms with E-state index in [1.54, 1.807) is 17.7 Å². The van der Waals surface area contributed by atoms with E-state index in [0.717, 1.165) is 45.8 Å². The fourth-order valence-corrected chi connectivity index (χ4v) is 4.15. The van der Waals surface area contributed by atoms with Gasteiger partial charge in [0, 0.05) is 28.9 Å². The van der Waals surface area contributed by atoms with Crippen molar-refractivity contribution in [3.05, 3.63) is 53.2 Å². The lowest BCUT2D eigenvalue weighted by Crippen LogP contribution is -2.03. The Bertz CT molecular complexity index is 1150. The predicted molar refractivity (Wildman–Crippen MR) is 115 cm³/mol. The third-order valence-electron chi connectivity index (χ3n) is 5.22. The second-order valence-electron chi connectivity index (χ2n) is 7.44. The summed E-state index contributed by atoms with van der Waals surface area (Å²) < 4.78 is 4.07. The normalized spacial score (nSPS) is 13.8. The van der Waals surface area contributed by atoms with Gasteiger partial charge in [0.1, 0.15) is 18.0 Å². The number of nitrogens with one attached hydrogen (secondary N) is 1. The molecule has 1 aliphatic rings. The Morgan fingerprint density at radius 3 is 2.72 bits per heavy atom. The Hall–Kier alpha value is -3.00. The van der Waals surface area contributed by atoms with E-state index in [1.807, 2.05) is 36.0 Å². The van der Waals surface area contributed by atoms with Crippen LogP contribution in [-0.2, 0) is 6.42 Å². The molecule has 8 heteroatoms. The number of rotatable bonds is 6. The zero-order valence-corrected chi connectivity index (χ0v) is 17.6. The van der Waals surface area contributed by atoms with Crippen molar-refractivity contribution in [1.29, 1.82) is 0 Å². The summed E-state index contributed by atoms with van der Waals surface area (Å²) in [5.74, 6) is 1.92. The van der Waals surface area contributed by atoms with Crippen LogP contribution in [0.3, 0.4) is 0 Å². The van der Waals surface area contributed by atoms with E-state index in [-0.39, 0.29) is 0 Å². The minimum absolute atomic E-state index is 0.527. The fourth-order valence-electron chi connectivity index (χ4n) is 3.44. The van der Waals surface area contributed by atoms with Gasteiger partial charge < -0.3 is 5.32 Å². The molecule has 148 valence electrons. The maximum atomic E-state index is 4.81. The zero-order chi connectivity index (χ0) is 20.0. The van der Waals surface area contributed by atoms with Gasteiger partial charge in [-0.25, -0.2) is 19.6 Å². The van der Waals surface area contributed by atoms with E-state index in [1.165, 1.54) is 18.4 Å². The summed E-state index contributed by atoms with van der Waals surface area (Å²) in [7, 11) is 0. The van der Waals surface area contributed by atoms with Crippen molar-refractivity contribution in [2.75, 3.05) is 5.32 Å². The molecule has 1 fully saturated rings. The lowest BCUT2D eigenvalue weighted by molar-refractivity contribution is 0.639. The number of thiazole rings is 1. The van der Waals surface area contributed by atoms with Gasteiger partial charge in [0.05, 0.1) is 23.1 Å². The Morgan fingerprint density at radius 2 is 2.07 bits per heavy atom. The van der Waals surface area contributed by atoms with Crippen LogP contribution in [-0.4, -0.2) is 29.3 Å². The first-order chi connectivity index (χ1) is 14.1. The maximum Gasteiger partial charge on any atom is 0.188 e. The van der Waals surface area contributed by atoms with Gasteiger partial charge in [0.25, 0.3) is 0 Å². The molecule has 0 amide bonds. The number of pyridine rings is 1. The number of anilines is 2. The molecule has 0 radical (unpaired) electrons. The van der Waals surface area contributed by atoms with Crippen LogP contribution >= 0.6 is 11.3 Å². The van der Waals surface area contributed by atoms with Crippen molar-refractivity contribution >= 4 is 22.3 Å². The van der Waals surface area contributed by atoms with E-state index in [9.17, 15) is 0 Å². The molecule has 4 aromatic heterocycles. The molecule has 7 nitrogen and oxygen atoms in total. The third-order valence-corrected chi connectivity index (χ3v) is 5.98. The Labute approximate surface area is 173 Å². The van der Waals surface area contributed by atoms with E-state index >= 15 is 0 Å². The Balaban J connectivity index is 1.38. The second kappa shape index (κ2) is 7.11. The largest absolute Gasteiger partial charge is 0.316 e. The molecule has 4 heterocycles. The van der Waals surface area contributed by atoms with E-state index in [0.29, 0.717) is 6.04 Å². The topological polar surface area (TPSA) is 73.5 Å². The molecule has 0 unspecified atom stereocenters. The van der Waals surface area contributed by atoms with Crippen LogP contribution in [0.2, 0.25) is 0 Å². The van der Waals surface area contributed by atoms with Gasteiger partial charge >= 0.3 is 0 Å². The number of hydrogen-bond donors (Lipinski definition) is 1. The molecule has 1 N–H and O–H groups in total. The lowest BCUT2D eigenvalue weighted by atomic mass is 10.2. The number of aromatic nitrogens is 6. The number of aryl methyl sites for hydroxylation is 2. The summed E-state index contributed by atoms with van der Waals surface area (Å²) in [6.07, 6.45) is 8.95. The summed E-state index contributed by atoms with van der Waals surface area (Å²) in [5.41, 5.74) is 5.27. The highest BCUT2D eigenvalue weighted by Crippen LogP contribution is 2.40. The van der Waals surface area contributed by atoms with Crippen LogP contribution in [0.4, 0.5) is 10.9 Å². The van der Waals surface area contributed by atoms with E-state index in [4.69, 9.17) is 10.1 Å². The highest BCUT2D eigenvalue weighted by atomic mass is 32.1. The van der Waals surface area contributed by atoms with Crippen LogP contribution < -0.4 is 5.32 Å². The first-order valence-electron chi connectivity index (χ1n) is 9.90. The zero-order valence-electron chi connectivity index (χ0n) is 16.8. The van der Waals surface area contributed by atoms with Crippen molar-refractivity contribution in [2.45, 2.75) is 46.1 Å². The van der Waals surface area contributed by atoms with Gasteiger partial charge in [-0.15, -0.1) is 11.3 Å². The van der Waals surface area contributed by atoms with E-state index < -0.39 is 0 Å². The number of imidazole rings is 1. The quantitative estimate of drug-likeness (QED) is 0.497. The molecular weight excluding hydrogens is 382 g/mol. The monoisotopic (exact) mass is 405 g/mol. The SMILES string of the molecule is CCc1nn(C2CC2)c(Nc2nc(-c3ccc(-n4cnc(C)c4)nc3)cs2)c1C. The van der Waals surface area contributed by atoms with Crippen LogP contribution in [0, 0.1) is 13.8 Å². The average Bonchev–Trinajstić information content (AvgIpc) is 3.17. The molecule has 1 saturated carbocycles. The highest BCUT2D eigenvalue weighted by molar-refractivity contribution is 7.14. The predicted octanol–water partition coefficient (Wildman–Crippen LogP) is 4.85. The smallest absolute Gasteiger partial charge is 0.188 e. The molecule has 0 aromatic carbocycles. The molecule has 4 aromatic rings. The summed E-state index contributed by atoms with van der Waals surface area (Å²) in [6.45, 7) is 6.26. The molecule has 0 bridgehead atoms. The van der Waals surface area contributed by atoms with Crippen molar-refractivity contribution in [3.8, 4) is 17.1 Å². The third kappa shape index (κ3) is 3.44. The van der Waals surface area contributed by atoms with Crippen molar-refractivity contribution < 1.29 is 0 Å².